The number of nitrogens with zero attached hydrogens (tertiary/aromatic N) is 1. The Balaban J connectivity index is 1.90. The van der Waals surface area contributed by atoms with Gasteiger partial charge in [-0.3, -0.25) is 4.79 Å². The van der Waals surface area contributed by atoms with Crippen molar-refractivity contribution in [1.29, 1.82) is 0 Å². The third-order valence-corrected chi connectivity index (χ3v) is 6.77. The van der Waals surface area contributed by atoms with E-state index >= 15 is 0 Å². The van der Waals surface area contributed by atoms with Gasteiger partial charge < -0.3 is 10.1 Å². The zero-order chi connectivity index (χ0) is 17.9. The van der Waals surface area contributed by atoms with Crippen LogP contribution in [0.2, 0.25) is 0 Å². The minimum Gasteiger partial charge on any atom is -0.383 e. The van der Waals surface area contributed by atoms with Crippen LogP contribution in [0.4, 0.5) is 5.69 Å². The van der Waals surface area contributed by atoms with Crippen molar-refractivity contribution in [1.82, 2.24) is 4.31 Å². The molecule has 1 aliphatic heterocycles. The van der Waals surface area contributed by atoms with Gasteiger partial charge in [0.2, 0.25) is 15.9 Å². The van der Waals surface area contributed by atoms with E-state index < -0.39 is 10.0 Å². The normalized spacial score (nSPS) is 14.4. The summed E-state index contributed by atoms with van der Waals surface area (Å²) in [6.45, 7) is 0.924. The molecule has 0 bridgehead atoms. The molecule has 8 heteroatoms. The topological polar surface area (TPSA) is 75.7 Å². The zero-order valence-corrected chi connectivity index (χ0v) is 15.5. The molecule has 25 heavy (non-hydrogen) atoms. The summed E-state index contributed by atoms with van der Waals surface area (Å²) in [7, 11) is -2.10. The molecule has 1 aromatic carbocycles. The van der Waals surface area contributed by atoms with Crippen molar-refractivity contribution in [2.24, 2.45) is 0 Å². The number of fused-ring (bicyclic) bond motifs is 1. The number of hydrogen-bond donors (Lipinski definition) is 1. The number of rotatable bonds is 7. The highest BCUT2D eigenvalue weighted by Gasteiger charge is 2.26. The van der Waals surface area contributed by atoms with Gasteiger partial charge >= 0.3 is 0 Å². The summed E-state index contributed by atoms with van der Waals surface area (Å²) >= 11 is 1.52. The van der Waals surface area contributed by atoms with Crippen LogP contribution in [0.15, 0.2) is 40.6 Å². The van der Waals surface area contributed by atoms with E-state index in [1.807, 2.05) is 17.5 Å². The van der Waals surface area contributed by atoms with Gasteiger partial charge in [0, 0.05) is 37.2 Å². The number of anilines is 1. The molecule has 0 aliphatic carbocycles. The molecule has 0 radical (unpaired) electrons. The van der Waals surface area contributed by atoms with Crippen LogP contribution in [0.1, 0.15) is 16.9 Å². The van der Waals surface area contributed by atoms with E-state index in [4.69, 9.17) is 4.74 Å². The second-order valence-corrected chi connectivity index (χ2v) is 8.75. The summed E-state index contributed by atoms with van der Waals surface area (Å²) < 4.78 is 32.7. The largest absolute Gasteiger partial charge is 0.383 e. The maximum atomic E-state index is 13.1. The maximum Gasteiger partial charge on any atom is 0.243 e. The molecule has 0 saturated heterocycles. The van der Waals surface area contributed by atoms with E-state index in [0.29, 0.717) is 31.7 Å². The molecule has 1 aliphatic rings. The molecule has 1 aromatic heterocycles. The number of sulfonamides is 1. The number of nitrogens with one attached hydrogen (secondary N) is 1. The molecule has 0 atom stereocenters. The van der Waals surface area contributed by atoms with Gasteiger partial charge in [0.15, 0.2) is 0 Å². The summed E-state index contributed by atoms with van der Waals surface area (Å²) in [4.78, 5) is 12.7. The standard InChI is InChI=1S/C17H20N2O4S2/c1-23-9-8-19(12-14-3-2-10-24-14)25(21,22)15-5-6-16-13(11-15)4-7-17(20)18-16/h2-3,5-6,10-11H,4,7-9,12H2,1H3,(H,18,20). The van der Waals surface area contributed by atoms with Crippen molar-refractivity contribution in [3.8, 4) is 0 Å². The van der Waals surface area contributed by atoms with E-state index in [9.17, 15) is 13.2 Å². The highest BCUT2D eigenvalue weighted by atomic mass is 32.2. The first kappa shape index (κ1) is 18.1. The molecule has 1 N–H and O–H groups in total. The highest BCUT2D eigenvalue weighted by molar-refractivity contribution is 7.89. The average Bonchev–Trinajstić information content (AvgIpc) is 3.11. The van der Waals surface area contributed by atoms with Gasteiger partial charge in [-0.25, -0.2) is 8.42 Å². The molecule has 134 valence electrons. The summed E-state index contributed by atoms with van der Waals surface area (Å²) in [5.41, 5.74) is 1.54. The first-order valence-electron chi connectivity index (χ1n) is 7.95. The molecule has 6 nitrogen and oxygen atoms in total. The van der Waals surface area contributed by atoms with Gasteiger partial charge in [0.05, 0.1) is 11.5 Å². The molecule has 0 fully saturated rings. The van der Waals surface area contributed by atoms with Gasteiger partial charge in [-0.2, -0.15) is 4.31 Å². The minimum absolute atomic E-state index is 0.0393. The van der Waals surface area contributed by atoms with Gasteiger partial charge in [-0.15, -0.1) is 11.3 Å². The van der Waals surface area contributed by atoms with E-state index in [2.05, 4.69) is 5.32 Å². The van der Waals surface area contributed by atoms with Crippen molar-refractivity contribution in [2.45, 2.75) is 24.3 Å². The van der Waals surface area contributed by atoms with Gasteiger partial charge in [-0.05, 0) is 41.6 Å². The van der Waals surface area contributed by atoms with Crippen molar-refractivity contribution < 1.29 is 17.9 Å². The van der Waals surface area contributed by atoms with Crippen LogP contribution < -0.4 is 5.32 Å². The Morgan fingerprint density at radius 3 is 2.84 bits per heavy atom. The zero-order valence-electron chi connectivity index (χ0n) is 13.9. The molecule has 2 aromatic rings. The molecular weight excluding hydrogens is 360 g/mol. The van der Waals surface area contributed by atoms with Gasteiger partial charge in [0.1, 0.15) is 0 Å². The number of ether oxygens (including phenoxy) is 1. The third-order valence-electron chi connectivity index (χ3n) is 4.07. The van der Waals surface area contributed by atoms with Gasteiger partial charge in [0.25, 0.3) is 0 Å². The first-order chi connectivity index (χ1) is 12.0. The number of carbonyl (C=O) groups excluding carboxylic acids is 1. The lowest BCUT2D eigenvalue weighted by Crippen LogP contribution is -2.33. The Bertz CT molecular complexity index is 848. The monoisotopic (exact) mass is 380 g/mol. The Kier molecular flexibility index (Phi) is 5.53. The fourth-order valence-corrected chi connectivity index (χ4v) is 4.98. The fraction of sp³-hybridized carbons (Fsp3) is 0.353. The minimum atomic E-state index is -3.65. The van der Waals surface area contributed by atoms with Crippen molar-refractivity contribution >= 4 is 33.0 Å². The summed E-state index contributed by atoms with van der Waals surface area (Å²) in [5, 5.41) is 4.70. The number of thiophene rings is 1. The lowest BCUT2D eigenvalue weighted by Gasteiger charge is -2.23. The number of benzene rings is 1. The number of carbonyl (C=O) groups is 1. The molecule has 1 amide bonds. The second-order valence-electron chi connectivity index (χ2n) is 5.78. The fourth-order valence-electron chi connectivity index (χ4n) is 2.72. The molecular formula is C17H20N2O4S2. The SMILES string of the molecule is COCCN(Cc1cccs1)S(=O)(=O)c1ccc2c(c1)CCC(=O)N2. The predicted molar refractivity (Wildman–Crippen MR) is 97.2 cm³/mol. The molecule has 2 heterocycles. The van der Waals surface area contributed by atoms with Crippen molar-refractivity contribution in [2.75, 3.05) is 25.6 Å². The lowest BCUT2D eigenvalue weighted by atomic mass is 10.0. The van der Waals surface area contributed by atoms with E-state index in [0.717, 1.165) is 10.4 Å². The number of aryl methyl sites for hydroxylation is 1. The maximum absolute atomic E-state index is 13.1. The second kappa shape index (κ2) is 7.65. The highest BCUT2D eigenvalue weighted by Crippen LogP contribution is 2.28. The Hall–Kier alpha value is -1.74. The summed E-state index contributed by atoms with van der Waals surface area (Å²) in [6.07, 6.45) is 0.923. The van der Waals surface area contributed by atoms with Crippen LogP contribution in [-0.2, 0) is 32.5 Å². The summed E-state index contributed by atoms with van der Waals surface area (Å²) in [5.74, 6) is -0.0393. The molecule has 3 rings (SSSR count). The number of hydrogen-bond acceptors (Lipinski definition) is 5. The van der Waals surface area contributed by atoms with Crippen LogP contribution in [0.25, 0.3) is 0 Å². The Labute approximate surface area is 151 Å². The molecule has 0 spiro atoms. The first-order valence-corrected chi connectivity index (χ1v) is 10.3. The molecule has 0 unspecified atom stereocenters. The van der Waals surface area contributed by atoms with Crippen molar-refractivity contribution in [3.63, 3.8) is 0 Å². The Morgan fingerprint density at radius 2 is 2.12 bits per heavy atom. The lowest BCUT2D eigenvalue weighted by molar-refractivity contribution is -0.116. The predicted octanol–water partition coefficient (Wildman–Crippen LogP) is 2.47. The number of methoxy groups -OCH3 is 1. The smallest absolute Gasteiger partial charge is 0.243 e. The number of amides is 1. The van der Waals surface area contributed by atoms with E-state index in [1.165, 1.54) is 15.6 Å². The van der Waals surface area contributed by atoms with E-state index in [-0.39, 0.29) is 17.3 Å². The molecule has 0 saturated carbocycles. The van der Waals surface area contributed by atoms with Gasteiger partial charge in [-0.1, -0.05) is 6.07 Å². The van der Waals surface area contributed by atoms with E-state index in [1.54, 1.807) is 25.3 Å². The quantitative estimate of drug-likeness (QED) is 0.801. The van der Waals surface area contributed by atoms with Crippen molar-refractivity contribution in [3.05, 3.63) is 46.2 Å². The van der Waals surface area contributed by atoms with Crippen LogP contribution in [-0.4, -0.2) is 38.9 Å². The third kappa shape index (κ3) is 4.09. The Morgan fingerprint density at radius 1 is 1.28 bits per heavy atom. The van der Waals surface area contributed by atoms with Crippen LogP contribution in [0, 0.1) is 0 Å². The summed E-state index contributed by atoms with van der Waals surface area (Å²) in [6, 6.07) is 8.70. The van der Waals surface area contributed by atoms with Crippen LogP contribution in [0.5, 0.6) is 0 Å². The van der Waals surface area contributed by atoms with Crippen LogP contribution in [0.3, 0.4) is 0 Å². The van der Waals surface area contributed by atoms with Crippen LogP contribution >= 0.6 is 11.3 Å². The average molecular weight is 380 g/mol.